The van der Waals surface area contributed by atoms with E-state index in [2.05, 4.69) is 4.98 Å². The number of aryl methyl sites for hydroxylation is 1. The van der Waals surface area contributed by atoms with Gasteiger partial charge in [-0.05, 0) is 37.5 Å². The van der Waals surface area contributed by atoms with Crippen LogP contribution in [0.3, 0.4) is 0 Å². The molecule has 0 saturated carbocycles. The van der Waals surface area contributed by atoms with Crippen LogP contribution >= 0.6 is 11.3 Å². The lowest BCUT2D eigenvalue weighted by Gasteiger charge is -2.11. The third kappa shape index (κ3) is 4.28. The van der Waals surface area contributed by atoms with Crippen LogP contribution < -0.4 is 10.5 Å². The molecule has 1 aromatic heterocycles. The Morgan fingerprint density at radius 3 is 2.85 bits per heavy atom. The lowest BCUT2D eigenvalue weighted by atomic mass is 10.0. The van der Waals surface area contributed by atoms with E-state index >= 15 is 0 Å². The summed E-state index contributed by atoms with van der Waals surface area (Å²) in [7, 11) is 0. The zero-order valence-electron chi connectivity index (χ0n) is 11.7. The van der Waals surface area contributed by atoms with Crippen LogP contribution in [-0.4, -0.2) is 11.0 Å². The van der Waals surface area contributed by atoms with E-state index in [4.69, 9.17) is 10.5 Å². The van der Waals surface area contributed by atoms with E-state index in [1.54, 1.807) is 17.5 Å². The largest absolute Gasteiger partial charge is 0.488 e. The van der Waals surface area contributed by atoms with Crippen molar-refractivity contribution in [3.63, 3.8) is 0 Å². The van der Waals surface area contributed by atoms with E-state index in [0.717, 1.165) is 21.9 Å². The molecule has 1 unspecified atom stereocenters. The van der Waals surface area contributed by atoms with Gasteiger partial charge in [-0.15, -0.1) is 11.3 Å². The summed E-state index contributed by atoms with van der Waals surface area (Å²) in [5.41, 5.74) is 6.77. The Hall–Kier alpha value is -1.46. The molecule has 2 rings (SSSR count). The molecule has 0 spiro atoms. The second-order valence-corrected chi connectivity index (χ2v) is 6.12. The molecule has 0 aliphatic carbocycles. The summed E-state index contributed by atoms with van der Waals surface area (Å²) in [6.45, 7) is 4.38. The highest BCUT2D eigenvalue weighted by Gasteiger charge is 2.07. The second kappa shape index (κ2) is 6.81. The maximum Gasteiger partial charge on any atom is 0.127 e. The number of thiazole rings is 1. The van der Waals surface area contributed by atoms with Crippen LogP contribution in [0.25, 0.3) is 0 Å². The van der Waals surface area contributed by atoms with Crippen LogP contribution in [0, 0.1) is 12.7 Å². The van der Waals surface area contributed by atoms with Crippen LogP contribution in [0.4, 0.5) is 4.39 Å². The summed E-state index contributed by atoms with van der Waals surface area (Å²) in [6, 6.07) is 4.81. The van der Waals surface area contributed by atoms with Crippen molar-refractivity contribution in [1.82, 2.24) is 4.98 Å². The normalized spacial score (nSPS) is 12.4. The molecule has 20 heavy (non-hydrogen) atoms. The Morgan fingerprint density at radius 1 is 1.40 bits per heavy atom. The number of hydrogen-bond donors (Lipinski definition) is 1. The number of hydrogen-bond acceptors (Lipinski definition) is 4. The van der Waals surface area contributed by atoms with Gasteiger partial charge in [0, 0.05) is 18.3 Å². The lowest BCUT2D eigenvalue weighted by molar-refractivity contribution is 0.307. The number of nitrogens with zero attached hydrogens (tertiary/aromatic N) is 1. The molecule has 2 N–H and O–H groups in total. The molecule has 1 aromatic carbocycles. The minimum Gasteiger partial charge on any atom is -0.488 e. The minimum absolute atomic E-state index is 0.0498. The van der Waals surface area contributed by atoms with Gasteiger partial charge in [-0.3, -0.25) is 0 Å². The minimum atomic E-state index is -0.290. The molecule has 1 atom stereocenters. The average Bonchev–Trinajstić information content (AvgIpc) is 2.81. The number of ether oxygens (including phenoxy) is 1. The molecular formula is C15H19FN2OS. The highest BCUT2D eigenvalue weighted by atomic mass is 32.1. The fourth-order valence-corrected chi connectivity index (χ4v) is 2.60. The predicted octanol–water partition coefficient (Wildman–Crippen LogP) is 3.45. The summed E-state index contributed by atoms with van der Waals surface area (Å²) >= 11 is 1.58. The smallest absolute Gasteiger partial charge is 0.127 e. The van der Waals surface area contributed by atoms with Crippen molar-refractivity contribution in [1.29, 1.82) is 0 Å². The van der Waals surface area contributed by atoms with Gasteiger partial charge in [-0.1, -0.05) is 6.92 Å². The van der Waals surface area contributed by atoms with Gasteiger partial charge in [-0.25, -0.2) is 9.37 Å². The number of benzene rings is 1. The topological polar surface area (TPSA) is 48.1 Å². The van der Waals surface area contributed by atoms with Crippen molar-refractivity contribution in [3.05, 3.63) is 45.7 Å². The van der Waals surface area contributed by atoms with Crippen LogP contribution in [0.15, 0.2) is 24.4 Å². The Bertz CT molecular complexity index is 571. The van der Waals surface area contributed by atoms with E-state index in [9.17, 15) is 4.39 Å². The van der Waals surface area contributed by atoms with Crippen LogP contribution in [0.5, 0.6) is 5.75 Å². The maximum absolute atomic E-state index is 13.6. The van der Waals surface area contributed by atoms with Crippen LogP contribution in [0.2, 0.25) is 0 Å². The first kappa shape index (κ1) is 14.9. The Kier molecular flexibility index (Phi) is 5.09. The van der Waals surface area contributed by atoms with Gasteiger partial charge in [0.1, 0.15) is 18.2 Å². The molecule has 2 aromatic rings. The molecule has 3 nitrogen and oxygen atoms in total. The van der Waals surface area contributed by atoms with E-state index in [-0.39, 0.29) is 11.9 Å². The van der Waals surface area contributed by atoms with E-state index in [1.807, 2.05) is 19.9 Å². The predicted molar refractivity (Wildman–Crippen MR) is 79.6 cm³/mol. The number of nitrogens with two attached hydrogens (primary N) is 1. The lowest BCUT2D eigenvalue weighted by Crippen LogP contribution is -2.21. The first-order chi connectivity index (χ1) is 9.56. The highest BCUT2D eigenvalue weighted by Crippen LogP contribution is 2.20. The molecule has 0 fully saturated rings. The first-order valence-electron chi connectivity index (χ1n) is 6.66. The fraction of sp³-hybridized carbons (Fsp3) is 0.400. The summed E-state index contributed by atoms with van der Waals surface area (Å²) in [5.74, 6) is 0.246. The van der Waals surface area contributed by atoms with Gasteiger partial charge in [0.25, 0.3) is 0 Å². The van der Waals surface area contributed by atoms with Gasteiger partial charge < -0.3 is 10.5 Å². The van der Waals surface area contributed by atoms with Crippen molar-refractivity contribution >= 4 is 11.3 Å². The van der Waals surface area contributed by atoms with E-state index in [0.29, 0.717) is 18.8 Å². The molecule has 0 bridgehead atoms. The SMILES string of the molecule is CCC(N)Cc1cc(F)cc(OCc2cnc(C)s2)c1. The molecule has 5 heteroatoms. The first-order valence-corrected chi connectivity index (χ1v) is 7.47. The molecule has 0 amide bonds. The van der Waals surface area contributed by atoms with Gasteiger partial charge >= 0.3 is 0 Å². The van der Waals surface area contributed by atoms with Gasteiger partial charge in [-0.2, -0.15) is 0 Å². The molecule has 1 heterocycles. The quantitative estimate of drug-likeness (QED) is 0.887. The fourth-order valence-electron chi connectivity index (χ4n) is 1.90. The zero-order chi connectivity index (χ0) is 14.5. The molecule has 0 aliphatic heterocycles. The molecule has 0 aliphatic rings. The van der Waals surface area contributed by atoms with Crippen LogP contribution in [0.1, 0.15) is 28.8 Å². The van der Waals surface area contributed by atoms with Crippen molar-refractivity contribution in [2.75, 3.05) is 0 Å². The van der Waals surface area contributed by atoms with E-state index < -0.39 is 0 Å². The monoisotopic (exact) mass is 294 g/mol. The maximum atomic E-state index is 13.6. The Morgan fingerprint density at radius 2 is 2.20 bits per heavy atom. The summed E-state index contributed by atoms with van der Waals surface area (Å²) < 4.78 is 19.2. The summed E-state index contributed by atoms with van der Waals surface area (Å²) in [6.07, 6.45) is 3.31. The summed E-state index contributed by atoms with van der Waals surface area (Å²) in [5, 5.41) is 0.998. The van der Waals surface area contributed by atoms with Crippen molar-refractivity contribution in [2.45, 2.75) is 39.3 Å². The molecule has 0 radical (unpaired) electrons. The zero-order valence-corrected chi connectivity index (χ0v) is 12.5. The van der Waals surface area contributed by atoms with Crippen molar-refractivity contribution in [3.8, 4) is 5.75 Å². The number of aromatic nitrogens is 1. The molecule has 0 saturated heterocycles. The van der Waals surface area contributed by atoms with E-state index in [1.165, 1.54) is 12.1 Å². The Balaban J connectivity index is 2.03. The van der Waals surface area contributed by atoms with Crippen molar-refractivity contribution in [2.24, 2.45) is 5.73 Å². The number of rotatable bonds is 6. The second-order valence-electron chi connectivity index (χ2n) is 4.80. The molecule has 108 valence electrons. The van der Waals surface area contributed by atoms with Gasteiger partial charge in [0.15, 0.2) is 0 Å². The number of halogens is 1. The highest BCUT2D eigenvalue weighted by molar-refractivity contribution is 7.11. The summed E-state index contributed by atoms with van der Waals surface area (Å²) in [4.78, 5) is 5.19. The van der Waals surface area contributed by atoms with Crippen molar-refractivity contribution < 1.29 is 9.13 Å². The third-order valence-electron chi connectivity index (χ3n) is 3.00. The third-order valence-corrected chi connectivity index (χ3v) is 3.89. The van der Waals surface area contributed by atoms with Crippen LogP contribution in [-0.2, 0) is 13.0 Å². The Labute approximate surface area is 122 Å². The molecular weight excluding hydrogens is 275 g/mol. The van der Waals surface area contributed by atoms with Gasteiger partial charge in [0.05, 0.1) is 9.88 Å². The standard InChI is InChI=1S/C15H19FN2OS/c1-3-13(17)5-11-4-12(16)7-14(6-11)19-9-15-8-18-10(2)20-15/h4,6-8,13H,3,5,9,17H2,1-2H3. The average molecular weight is 294 g/mol. The van der Waals surface area contributed by atoms with Gasteiger partial charge in [0.2, 0.25) is 0 Å².